The first-order valence-electron chi connectivity index (χ1n) is 8.30. The second-order valence-electron chi connectivity index (χ2n) is 5.92. The lowest BCUT2D eigenvalue weighted by Crippen LogP contribution is -2.14. The summed E-state index contributed by atoms with van der Waals surface area (Å²) in [5, 5.41) is 2.78. The van der Waals surface area contributed by atoms with Gasteiger partial charge in [-0.1, -0.05) is 24.3 Å². The highest BCUT2D eigenvalue weighted by Crippen LogP contribution is 2.25. The van der Waals surface area contributed by atoms with E-state index in [-0.39, 0.29) is 18.3 Å². The molecular formula is C20H16BrN3O3. The van der Waals surface area contributed by atoms with Gasteiger partial charge in [0.2, 0.25) is 5.95 Å². The van der Waals surface area contributed by atoms with Crippen LogP contribution in [0.3, 0.4) is 0 Å². The van der Waals surface area contributed by atoms with E-state index in [4.69, 9.17) is 9.15 Å². The van der Waals surface area contributed by atoms with E-state index in [1.165, 1.54) is 0 Å². The molecule has 27 heavy (non-hydrogen) atoms. The van der Waals surface area contributed by atoms with Crippen molar-refractivity contribution < 1.29 is 13.9 Å². The molecule has 0 atom stereocenters. The van der Waals surface area contributed by atoms with Gasteiger partial charge in [0.25, 0.3) is 5.91 Å². The minimum atomic E-state index is -0.361. The van der Waals surface area contributed by atoms with Crippen LogP contribution in [0.25, 0.3) is 11.0 Å². The maximum absolute atomic E-state index is 12.5. The van der Waals surface area contributed by atoms with Gasteiger partial charge in [0.15, 0.2) is 5.76 Å². The Balaban J connectivity index is 1.45. The van der Waals surface area contributed by atoms with Crippen molar-refractivity contribution in [3.8, 4) is 5.75 Å². The summed E-state index contributed by atoms with van der Waals surface area (Å²) in [5.74, 6) is 1.57. The molecule has 0 aliphatic rings. The van der Waals surface area contributed by atoms with Crippen molar-refractivity contribution in [2.24, 2.45) is 7.05 Å². The van der Waals surface area contributed by atoms with Gasteiger partial charge in [-0.05, 0) is 52.3 Å². The monoisotopic (exact) mass is 425 g/mol. The third-order valence-corrected chi connectivity index (χ3v) is 4.76. The van der Waals surface area contributed by atoms with Gasteiger partial charge in [0.05, 0.1) is 15.5 Å². The molecular weight excluding hydrogens is 410 g/mol. The van der Waals surface area contributed by atoms with E-state index in [2.05, 4.69) is 26.2 Å². The number of nitrogens with zero attached hydrogens (tertiary/aromatic N) is 2. The summed E-state index contributed by atoms with van der Waals surface area (Å²) in [6.07, 6.45) is 0. The first kappa shape index (κ1) is 17.4. The molecule has 0 unspecified atom stereocenters. The van der Waals surface area contributed by atoms with E-state index >= 15 is 0 Å². The second kappa shape index (κ2) is 7.28. The van der Waals surface area contributed by atoms with Crippen molar-refractivity contribution >= 4 is 38.8 Å². The SMILES string of the molecule is Cn1c(NC(=O)c2ccc(COc3ccccc3Br)o2)nc2ccccc21. The molecule has 0 saturated heterocycles. The van der Waals surface area contributed by atoms with Crippen molar-refractivity contribution in [2.75, 3.05) is 5.32 Å². The summed E-state index contributed by atoms with van der Waals surface area (Å²) in [6, 6.07) is 18.6. The summed E-state index contributed by atoms with van der Waals surface area (Å²) in [4.78, 5) is 16.9. The van der Waals surface area contributed by atoms with Crippen LogP contribution in [-0.2, 0) is 13.7 Å². The number of carbonyl (C=O) groups excluding carboxylic acids is 1. The van der Waals surface area contributed by atoms with Gasteiger partial charge in [-0.2, -0.15) is 0 Å². The van der Waals surface area contributed by atoms with Crippen LogP contribution in [0, 0.1) is 0 Å². The smallest absolute Gasteiger partial charge is 0.293 e. The molecule has 0 saturated carbocycles. The van der Waals surface area contributed by atoms with Crippen molar-refractivity contribution in [3.63, 3.8) is 0 Å². The fourth-order valence-electron chi connectivity index (χ4n) is 2.71. The summed E-state index contributed by atoms with van der Waals surface area (Å²) in [7, 11) is 1.85. The number of hydrogen-bond acceptors (Lipinski definition) is 4. The maximum Gasteiger partial charge on any atom is 0.293 e. The molecule has 0 fully saturated rings. The number of anilines is 1. The van der Waals surface area contributed by atoms with Gasteiger partial charge in [0.1, 0.15) is 18.1 Å². The summed E-state index contributed by atoms with van der Waals surface area (Å²) in [6.45, 7) is 0.224. The summed E-state index contributed by atoms with van der Waals surface area (Å²) in [5.41, 5.74) is 1.76. The number of furan rings is 1. The van der Waals surface area contributed by atoms with Gasteiger partial charge in [-0.15, -0.1) is 0 Å². The lowest BCUT2D eigenvalue weighted by Gasteiger charge is -2.06. The number of carbonyl (C=O) groups is 1. The van der Waals surface area contributed by atoms with Crippen LogP contribution in [0.1, 0.15) is 16.3 Å². The Bertz CT molecular complexity index is 1120. The van der Waals surface area contributed by atoms with Crippen LogP contribution in [-0.4, -0.2) is 15.5 Å². The molecule has 4 aromatic rings. The number of amides is 1. The number of aryl methyl sites for hydroxylation is 1. The molecule has 0 aliphatic carbocycles. The second-order valence-corrected chi connectivity index (χ2v) is 6.78. The lowest BCUT2D eigenvalue weighted by atomic mass is 10.3. The van der Waals surface area contributed by atoms with Gasteiger partial charge in [-0.25, -0.2) is 4.98 Å². The van der Waals surface area contributed by atoms with Crippen LogP contribution in [0.5, 0.6) is 5.75 Å². The number of aromatic nitrogens is 2. The molecule has 2 heterocycles. The number of ether oxygens (including phenoxy) is 1. The number of nitrogens with one attached hydrogen (secondary N) is 1. The molecule has 0 aliphatic heterocycles. The van der Waals surface area contributed by atoms with Crippen LogP contribution < -0.4 is 10.1 Å². The molecule has 2 aromatic carbocycles. The standard InChI is InChI=1S/C20H16BrN3O3/c1-24-16-8-4-3-7-15(16)22-20(24)23-19(25)18-11-10-13(27-18)12-26-17-9-5-2-6-14(17)21/h2-11H,12H2,1H3,(H,22,23,25). The quantitative estimate of drug-likeness (QED) is 0.500. The van der Waals surface area contributed by atoms with E-state index in [0.717, 1.165) is 15.5 Å². The summed E-state index contributed by atoms with van der Waals surface area (Å²) >= 11 is 3.43. The Kier molecular flexibility index (Phi) is 4.68. The third-order valence-electron chi connectivity index (χ3n) is 4.10. The van der Waals surface area contributed by atoms with Gasteiger partial charge >= 0.3 is 0 Å². The number of para-hydroxylation sites is 3. The molecule has 136 valence electrons. The predicted molar refractivity (Wildman–Crippen MR) is 106 cm³/mol. The normalized spacial score (nSPS) is 10.9. The summed E-state index contributed by atoms with van der Waals surface area (Å²) < 4.78 is 14.0. The van der Waals surface area contributed by atoms with Crippen molar-refractivity contribution in [3.05, 3.63) is 76.7 Å². The van der Waals surface area contributed by atoms with E-state index < -0.39 is 0 Å². The Morgan fingerprint density at radius 1 is 1.15 bits per heavy atom. The maximum atomic E-state index is 12.5. The van der Waals surface area contributed by atoms with E-state index in [1.807, 2.05) is 60.1 Å². The van der Waals surface area contributed by atoms with Crippen LogP contribution in [0.15, 0.2) is 69.6 Å². The van der Waals surface area contributed by atoms with Gasteiger partial charge in [0, 0.05) is 7.05 Å². The zero-order chi connectivity index (χ0) is 18.8. The molecule has 1 amide bonds. The Morgan fingerprint density at radius 3 is 2.74 bits per heavy atom. The molecule has 4 rings (SSSR count). The number of rotatable bonds is 5. The third kappa shape index (κ3) is 3.59. The van der Waals surface area contributed by atoms with Gasteiger partial charge in [-0.3, -0.25) is 10.1 Å². The van der Waals surface area contributed by atoms with E-state index in [9.17, 15) is 4.79 Å². The van der Waals surface area contributed by atoms with E-state index in [0.29, 0.717) is 17.5 Å². The first-order chi connectivity index (χ1) is 13.1. The highest BCUT2D eigenvalue weighted by Gasteiger charge is 2.15. The highest BCUT2D eigenvalue weighted by atomic mass is 79.9. The predicted octanol–water partition coefficient (Wildman–Crippen LogP) is 4.76. The van der Waals surface area contributed by atoms with Crippen molar-refractivity contribution in [2.45, 2.75) is 6.61 Å². The van der Waals surface area contributed by atoms with Crippen LogP contribution >= 0.6 is 15.9 Å². The van der Waals surface area contributed by atoms with Crippen LogP contribution in [0.4, 0.5) is 5.95 Å². The zero-order valence-electron chi connectivity index (χ0n) is 14.5. The molecule has 0 bridgehead atoms. The molecule has 2 aromatic heterocycles. The average Bonchev–Trinajstić information content (AvgIpc) is 3.27. The molecule has 7 heteroatoms. The molecule has 6 nitrogen and oxygen atoms in total. The highest BCUT2D eigenvalue weighted by molar-refractivity contribution is 9.10. The molecule has 0 radical (unpaired) electrons. The average molecular weight is 426 g/mol. The number of hydrogen-bond donors (Lipinski definition) is 1. The molecule has 1 N–H and O–H groups in total. The Morgan fingerprint density at radius 2 is 1.93 bits per heavy atom. The Hall–Kier alpha value is -3.06. The minimum Gasteiger partial charge on any atom is -0.484 e. The number of imidazole rings is 1. The number of benzene rings is 2. The zero-order valence-corrected chi connectivity index (χ0v) is 16.1. The Labute approximate surface area is 163 Å². The van der Waals surface area contributed by atoms with Crippen LogP contribution in [0.2, 0.25) is 0 Å². The lowest BCUT2D eigenvalue weighted by molar-refractivity contribution is 0.0991. The topological polar surface area (TPSA) is 69.3 Å². The fraction of sp³-hybridized carbons (Fsp3) is 0.100. The fourth-order valence-corrected chi connectivity index (χ4v) is 3.11. The first-order valence-corrected chi connectivity index (χ1v) is 9.10. The number of fused-ring (bicyclic) bond motifs is 1. The van der Waals surface area contributed by atoms with Crippen molar-refractivity contribution in [1.82, 2.24) is 9.55 Å². The van der Waals surface area contributed by atoms with Gasteiger partial charge < -0.3 is 13.7 Å². The number of halogens is 1. The minimum absolute atomic E-state index is 0.202. The van der Waals surface area contributed by atoms with E-state index in [1.54, 1.807) is 12.1 Å². The molecule has 0 spiro atoms. The van der Waals surface area contributed by atoms with Crippen molar-refractivity contribution in [1.29, 1.82) is 0 Å². The largest absolute Gasteiger partial charge is 0.484 e.